The average Bonchev–Trinajstić information content (AvgIpc) is 2.79. The number of ether oxygens (including phenoxy) is 1. The van der Waals surface area contributed by atoms with Crippen molar-refractivity contribution in [2.24, 2.45) is 0 Å². The lowest BCUT2D eigenvalue weighted by Gasteiger charge is -2.08. The molecule has 2 aromatic rings. The van der Waals surface area contributed by atoms with E-state index in [2.05, 4.69) is 15.5 Å². The van der Waals surface area contributed by atoms with Crippen LogP contribution in [0.2, 0.25) is 0 Å². The lowest BCUT2D eigenvalue weighted by atomic mass is 10.2. The largest absolute Gasteiger partial charge is 0.497 e. The van der Waals surface area contributed by atoms with Gasteiger partial charge in [-0.2, -0.15) is 0 Å². The summed E-state index contributed by atoms with van der Waals surface area (Å²) in [5, 5.41) is 10.5. The highest BCUT2D eigenvalue weighted by Crippen LogP contribution is 2.22. The van der Waals surface area contributed by atoms with Gasteiger partial charge in [-0.05, 0) is 18.6 Å². The molecule has 0 bridgehead atoms. The predicted octanol–water partition coefficient (Wildman–Crippen LogP) is 1.69. The molecule has 0 saturated carbocycles. The molecule has 94 valence electrons. The van der Waals surface area contributed by atoms with E-state index in [1.54, 1.807) is 13.2 Å². The Morgan fingerprint density at radius 1 is 1.44 bits per heavy atom. The van der Waals surface area contributed by atoms with Crippen LogP contribution in [-0.4, -0.2) is 23.2 Å². The second-order valence-corrected chi connectivity index (χ2v) is 4.59. The molecule has 0 spiro atoms. The molecule has 0 fully saturated rings. The minimum Gasteiger partial charge on any atom is -0.497 e. The quantitative estimate of drug-likeness (QED) is 0.880. The van der Waals surface area contributed by atoms with Gasteiger partial charge in [-0.25, -0.2) is 0 Å². The number of hydrogen-bond donors (Lipinski definition) is 2. The number of hydrogen-bond acceptors (Lipinski definition) is 6. The summed E-state index contributed by atoms with van der Waals surface area (Å²) in [5.74, 6) is 0.341. The van der Waals surface area contributed by atoms with Crippen LogP contribution in [0.3, 0.4) is 0 Å². The van der Waals surface area contributed by atoms with Crippen molar-refractivity contribution in [3.63, 3.8) is 0 Å². The maximum Gasteiger partial charge on any atom is 0.286 e. The van der Waals surface area contributed by atoms with Gasteiger partial charge < -0.3 is 15.8 Å². The molecule has 1 aromatic carbocycles. The first-order valence-corrected chi connectivity index (χ1v) is 5.97. The number of aryl methyl sites for hydroxylation is 1. The Hall–Kier alpha value is -2.15. The van der Waals surface area contributed by atoms with Gasteiger partial charge in [-0.3, -0.25) is 4.79 Å². The van der Waals surface area contributed by atoms with Crippen LogP contribution in [0.1, 0.15) is 15.4 Å². The number of amides is 1. The van der Waals surface area contributed by atoms with Crippen molar-refractivity contribution in [2.75, 3.05) is 18.2 Å². The lowest BCUT2D eigenvalue weighted by Crippen LogP contribution is -2.12. The van der Waals surface area contributed by atoms with E-state index >= 15 is 0 Å². The van der Waals surface area contributed by atoms with Gasteiger partial charge in [-0.1, -0.05) is 17.4 Å². The third-order valence-corrected chi connectivity index (χ3v) is 3.08. The van der Waals surface area contributed by atoms with E-state index in [0.717, 1.165) is 16.9 Å². The molecule has 0 aliphatic heterocycles. The third kappa shape index (κ3) is 2.57. The summed E-state index contributed by atoms with van der Waals surface area (Å²) in [4.78, 5) is 11.9. The third-order valence-electron chi connectivity index (χ3n) is 2.33. The van der Waals surface area contributed by atoms with Crippen molar-refractivity contribution < 1.29 is 9.53 Å². The molecule has 3 N–H and O–H groups in total. The van der Waals surface area contributed by atoms with Crippen LogP contribution in [0.25, 0.3) is 0 Å². The van der Waals surface area contributed by atoms with Crippen molar-refractivity contribution >= 4 is 28.1 Å². The maximum absolute atomic E-state index is 11.9. The molecule has 6 nitrogen and oxygen atoms in total. The molecule has 0 saturated heterocycles. The number of nitrogens with two attached hydrogens (primary N) is 1. The number of carbonyl (C=O) groups excluding carboxylic acids is 1. The average molecular weight is 264 g/mol. The second kappa shape index (κ2) is 5.01. The number of nitrogens with zero attached hydrogens (tertiary/aromatic N) is 2. The molecule has 0 atom stereocenters. The zero-order valence-electron chi connectivity index (χ0n) is 9.93. The van der Waals surface area contributed by atoms with Crippen molar-refractivity contribution in [1.29, 1.82) is 0 Å². The summed E-state index contributed by atoms with van der Waals surface area (Å²) in [6, 6.07) is 5.44. The van der Waals surface area contributed by atoms with Gasteiger partial charge in [0.25, 0.3) is 5.91 Å². The Balaban J connectivity index is 2.21. The summed E-state index contributed by atoms with van der Waals surface area (Å²) in [6.45, 7) is 1.89. The molecule has 1 amide bonds. The predicted molar refractivity (Wildman–Crippen MR) is 70.0 cm³/mol. The molecule has 18 heavy (non-hydrogen) atoms. The first-order valence-electron chi connectivity index (χ1n) is 5.15. The normalized spacial score (nSPS) is 10.1. The van der Waals surface area contributed by atoms with E-state index in [1.165, 1.54) is 0 Å². The van der Waals surface area contributed by atoms with Crippen LogP contribution in [-0.2, 0) is 0 Å². The Bertz CT molecular complexity index is 582. The number of rotatable bonds is 3. The number of nitrogen functional groups attached to an aromatic ring is 1. The maximum atomic E-state index is 11.9. The Morgan fingerprint density at radius 2 is 2.22 bits per heavy atom. The molecule has 1 heterocycles. The second-order valence-electron chi connectivity index (χ2n) is 3.58. The number of benzene rings is 1. The monoisotopic (exact) mass is 264 g/mol. The van der Waals surface area contributed by atoms with Gasteiger partial charge in [-0.15, -0.1) is 10.2 Å². The van der Waals surface area contributed by atoms with Crippen molar-refractivity contribution in [3.8, 4) is 5.75 Å². The zero-order chi connectivity index (χ0) is 13.1. The lowest BCUT2D eigenvalue weighted by molar-refractivity contribution is 0.102. The van der Waals surface area contributed by atoms with Crippen LogP contribution < -0.4 is 15.8 Å². The van der Waals surface area contributed by atoms with Gasteiger partial charge in [0, 0.05) is 11.8 Å². The van der Waals surface area contributed by atoms with Crippen molar-refractivity contribution in [1.82, 2.24) is 10.2 Å². The van der Waals surface area contributed by atoms with Crippen LogP contribution in [0.5, 0.6) is 5.75 Å². The molecule has 2 rings (SSSR count). The van der Waals surface area contributed by atoms with Crippen molar-refractivity contribution in [3.05, 3.63) is 28.8 Å². The van der Waals surface area contributed by atoms with Gasteiger partial charge in [0.1, 0.15) is 5.75 Å². The highest BCUT2D eigenvalue weighted by Gasteiger charge is 2.13. The smallest absolute Gasteiger partial charge is 0.286 e. The van der Waals surface area contributed by atoms with Crippen LogP contribution in [0.15, 0.2) is 18.2 Å². The fraction of sp³-hybridized carbons (Fsp3) is 0.182. The molecule has 0 aliphatic rings. The molecular formula is C11H12N4O2S. The van der Waals surface area contributed by atoms with Gasteiger partial charge in [0.15, 0.2) is 0 Å². The molecular weight excluding hydrogens is 252 g/mol. The van der Waals surface area contributed by atoms with Crippen molar-refractivity contribution in [2.45, 2.75) is 6.92 Å². The number of nitrogens with one attached hydrogen (secondary N) is 1. The SMILES string of the molecule is COc1ccc(C)c(NC(=O)c2nnc(N)s2)c1. The zero-order valence-corrected chi connectivity index (χ0v) is 10.7. The Morgan fingerprint density at radius 3 is 2.83 bits per heavy atom. The summed E-state index contributed by atoms with van der Waals surface area (Å²) in [6.07, 6.45) is 0. The molecule has 7 heteroatoms. The number of carbonyl (C=O) groups is 1. The topological polar surface area (TPSA) is 90.1 Å². The first-order chi connectivity index (χ1) is 8.60. The summed E-state index contributed by atoms with van der Waals surface area (Å²) in [7, 11) is 1.57. The summed E-state index contributed by atoms with van der Waals surface area (Å²) >= 11 is 1.04. The van der Waals surface area contributed by atoms with E-state index in [4.69, 9.17) is 10.5 Å². The van der Waals surface area contributed by atoms with E-state index in [0.29, 0.717) is 11.4 Å². The number of aromatic nitrogens is 2. The Labute approximate surface area is 108 Å². The number of methoxy groups -OCH3 is 1. The standard InChI is InChI=1S/C11H12N4O2S/c1-6-3-4-7(17-2)5-8(6)13-9(16)10-14-15-11(12)18-10/h3-5H,1-2H3,(H2,12,15)(H,13,16). The van der Waals surface area contributed by atoms with Crippen LogP contribution in [0, 0.1) is 6.92 Å². The first kappa shape index (κ1) is 12.3. The fourth-order valence-corrected chi connectivity index (χ4v) is 1.87. The van der Waals surface area contributed by atoms with E-state index in [9.17, 15) is 4.79 Å². The van der Waals surface area contributed by atoms with Gasteiger partial charge in [0.05, 0.1) is 7.11 Å². The highest BCUT2D eigenvalue weighted by atomic mass is 32.1. The van der Waals surface area contributed by atoms with Crippen LogP contribution >= 0.6 is 11.3 Å². The van der Waals surface area contributed by atoms with E-state index in [-0.39, 0.29) is 16.0 Å². The van der Waals surface area contributed by atoms with Crippen LogP contribution in [0.4, 0.5) is 10.8 Å². The van der Waals surface area contributed by atoms with Gasteiger partial charge in [0.2, 0.25) is 10.1 Å². The van der Waals surface area contributed by atoms with E-state index in [1.807, 2.05) is 19.1 Å². The number of anilines is 2. The van der Waals surface area contributed by atoms with Gasteiger partial charge >= 0.3 is 0 Å². The summed E-state index contributed by atoms with van der Waals surface area (Å²) < 4.78 is 5.10. The highest BCUT2D eigenvalue weighted by molar-refractivity contribution is 7.16. The molecule has 0 aliphatic carbocycles. The molecule has 1 aromatic heterocycles. The summed E-state index contributed by atoms with van der Waals surface area (Å²) in [5.41, 5.74) is 7.04. The minimum absolute atomic E-state index is 0.231. The molecule has 0 radical (unpaired) electrons. The van der Waals surface area contributed by atoms with E-state index < -0.39 is 0 Å². The Kier molecular flexibility index (Phi) is 3.42. The minimum atomic E-state index is -0.333. The fourth-order valence-electron chi connectivity index (χ4n) is 1.36. The molecule has 0 unspecified atom stereocenters.